The maximum absolute atomic E-state index is 5.42. The van der Waals surface area contributed by atoms with Gasteiger partial charge in [0.05, 0.1) is 0 Å². The van der Waals surface area contributed by atoms with Crippen LogP contribution in [0.3, 0.4) is 0 Å². The Hall–Kier alpha value is -0.380. The van der Waals surface area contributed by atoms with Crippen LogP contribution in [0.4, 0.5) is 0 Å². The molecule has 0 spiro atoms. The summed E-state index contributed by atoms with van der Waals surface area (Å²) in [4.78, 5) is 0. The summed E-state index contributed by atoms with van der Waals surface area (Å²) >= 11 is 3.54. The van der Waals surface area contributed by atoms with E-state index in [1.54, 1.807) is 0 Å². The van der Waals surface area contributed by atoms with E-state index in [0.29, 0.717) is 0 Å². The smallest absolute Gasteiger partial charge is 0.0207 e. The van der Waals surface area contributed by atoms with E-state index in [1.807, 2.05) is 0 Å². The van der Waals surface area contributed by atoms with Crippen LogP contribution in [0.5, 0.6) is 0 Å². The topological polar surface area (TPSA) is 38.0 Å². The fourth-order valence-electron chi connectivity index (χ4n) is 1.37. The van der Waals surface area contributed by atoms with Crippen molar-refractivity contribution in [3.8, 4) is 0 Å². The van der Waals surface area contributed by atoms with Crippen LogP contribution < -0.4 is 11.1 Å². The highest BCUT2D eigenvalue weighted by Crippen LogP contribution is 2.17. The van der Waals surface area contributed by atoms with Crippen molar-refractivity contribution >= 4 is 15.9 Å². The Kier molecular flexibility index (Phi) is 5.91. The molecular formula is C12H19BrN2. The van der Waals surface area contributed by atoms with Crippen LogP contribution in [0, 0.1) is 6.92 Å². The lowest BCUT2D eigenvalue weighted by Gasteiger charge is -2.06. The second-order valence-corrected chi connectivity index (χ2v) is 4.61. The maximum Gasteiger partial charge on any atom is 0.0207 e. The minimum Gasteiger partial charge on any atom is -0.330 e. The molecule has 84 valence electrons. The predicted molar refractivity (Wildman–Crippen MR) is 68.9 cm³/mol. The van der Waals surface area contributed by atoms with Gasteiger partial charge in [-0.3, -0.25) is 0 Å². The van der Waals surface area contributed by atoms with Gasteiger partial charge in [-0.2, -0.15) is 0 Å². The molecule has 0 aliphatic carbocycles. The van der Waals surface area contributed by atoms with Crippen LogP contribution in [0.2, 0.25) is 0 Å². The van der Waals surface area contributed by atoms with E-state index in [2.05, 4.69) is 46.4 Å². The summed E-state index contributed by atoms with van der Waals surface area (Å²) < 4.78 is 1.18. The molecule has 1 aromatic rings. The number of benzene rings is 1. The van der Waals surface area contributed by atoms with E-state index in [0.717, 1.165) is 32.5 Å². The van der Waals surface area contributed by atoms with E-state index in [-0.39, 0.29) is 0 Å². The molecule has 3 N–H and O–H groups in total. The van der Waals surface area contributed by atoms with Gasteiger partial charge in [-0.1, -0.05) is 28.1 Å². The normalized spacial score (nSPS) is 10.6. The zero-order valence-electron chi connectivity index (χ0n) is 9.22. The molecule has 0 fully saturated rings. The first-order valence-electron chi connectivity index (χ1n) is 5.40. The van der Waals surface area contributed by atoms with Crippen LogP contribution in [0.15, 0.2) is 22.7 Å². The Morgan fingerprint density at radius 2 is 2.13 bits per heavy atom. The van der Waals surface area contributed by atoms with Gasteiger partial charge in [-0.05, 0) is 50.0 Å². The second-order valence-electron chi connectivity index (χ2n) is 3.76. The Bertz CT molecular complexity index is 300. The lowest BCUT2D eigenvalue weighted by atomic mass is 10.1. The van der Waals surface area contributed by atoms with E-state index < -0.39 is 0 Å². The van der Waals surface area contributed by atoms with Crippen molar-refractivity contribution in [1.82, 2.24) is 5.32 Å². The SMILES string of the molecule is Cc1ccc(CNCCCCN)cc1Br. The maximum atomic E-state index is 5.42. The summed E-state index contributed by atoms with van der Waals surface area (Å²) in [6.45, 7) is 4.87. The largest absolute Gasteiger partial charge is 0.330 e. The quantitative estimate of drug-likeness (QED) is 0.780. The van der Waals surface area contributed by atoms with Crippen LogP contribution in [-0.2, 0) is 6.54 Å². The van der Waals surface area contributed by atoms with Crippen molar-refractivity contribution in [3.05, 3.63) is 33.8 Å². The Labute approximate surface area is 100 Å². The van der Waals surface area contributed by atoms with Gasteiger partial charge in [0.1, 0.15) is 0 Å². The molecule has 0 heterocycles. The molecule has 0 unspecified atom stereocenters. The Morgan fingerprint density at radius 3 is 2.80 bits per heavy atom. The van der Waals surface area contributed by atoms with Gasteiger partial charge in [0.25, 0.3) is 0 Å². The van der Waals surface area contributed by atoms with Gasteiger partial charge in [-0.25, -0.2) is 0 Å². The van der Waals surface area contributed by atoms with Crippen LogP contribution in [0.25, 0.3) is 0 Å². The molecule has 0 aromatic heterocycles. The Morgan fingerprint density at radius 1 is 1.33 bits per heavy atom. The van der Waals surface area contributed by atoms with E-state index in [9.17, 15) is 0 Å². The van der Waals surface area contributed by atoms with Gasteiger partial charge in [0.15, 0.2) is 0 Å². The molecule has 15 heavy (non-hydrogen) atoms. The number of halogens is 1. The van der Waals surface area contributed by atoms with Gasteiger partial charge < -0.3 is 11.1 Å². The first-order valence-corrected chi connectivity index (χ1v) is 6.19. The molecule has 0 saturated heterocycles. The first kappa shape index (κ1) is 12.7. The zero-order valence-corrected chi connectivity index (χ0v) is 10.8. The van der Waals surface area contributed by atoms with Crippen molar-refractivity contribution in [2.45, 2.75) is 26.3 Å². The number of aryl methyl sites for hydroxylation is 1. The van der Waals surface area contributed by atoms with E-state index >= 15 is 0 Å². The summed E-state index contributed by atoms with van der Waals surface area (Å²) in [5.41, 5.74) is 8.02. The molecule has 0 saturated carbocycles. The number of hydrogen-bond donors (Lipinski definition) is 2. The summed E-state index contributed by atoms with van der Waals surface area (Å²) in [5.74, 6) is 0. The minimum absolute atomic E-state index is 0.789. The monoisotopic (exact) mass is 270 g/mol. The molecule has 0 bridgehead atoms. The minimum atomic E-state index is 0.789. The molecule has 2 nitrogen and oxygen atoms in total. The summed E-state index contributed by atoms with van der Waals surface area (Å²) in [7, 11) is 0. The fraction of sp³-hybridized carbons (Fsp3) is 0.500. The van der Waals surface area contributed by atoms with Gasteiger partial charge in [-0.15, -0.1) is 0 Å². The van der Waals surface area contributed by atoms with E-state index in [4.69, 9.17) is 5.73 Å². The van der Waals surface area contributed by atoms with Crippen molar-refractivity contribution in [3.63, 3.8) is 0 Å². The molecule has 0 radical (unpaired) electrons. The molecule has 0 amide bonds. The third-order valence-corrected chi connectivity index (χ3v) is 3.23. The molecule has 0 atom stereocenters. The number of hydrogen-bond acceptors (Lipinski definition) is 2. The number of rotatable bonds is 6. The average Bonchev–Trinajstić information content (AvgIpc) is 2.23. The standard InChI is InChI=1S/C12H19BrN2/c1-10-4-5-11(8-12(10)13)9-15-7-3-2-6-14/h4-5,8,15H,2-3,6-7,9,14H2,1H3. The molecule has 0 aliphatic rings. The highest BCUT2D eigenvalue weighted by atomic mass is 79.9. The molecule has 0 aliphatic heterocycles. The molecule has 1 aromatic carbocycles. The summed E-state index contributed by atoms with van der Waals surface area (Å²) in [6.07, 6.45) is 2.26. The van der Waals surface area contributed by atoms with Crippen LogP contribution >= 0.6 is 15.9 Å². The fourth-order valence-corrected chi connectivity index (χ4v) is 1.80. The molecular weight excluding hydrogens is 252 g/mol. The summed E-state index contributed by atoms with van der Waals surface area (Å²) in [5, 5.41) is 3.41. The second kappa shape index (κ2) is 6.99. The van der Waals surface area contributed by atoms with E-state index in [1.165, 1.54) is 15.6 Å². The average molecular weight is 271 g/mol. The first-order chi connectivity index (χ1) is 7.24. The van der Waals surface area contributed by atoms with Crippen molar-refractivity contribution < 1.29 is 0 Å². The van der Waals surface area contributed by atoms with Crippen molar-refractivity contribution in [1.29, 1.82) is 0 Å². The van der Waals surface area contributed by atoms with Crippen LogP contribution in [0.1, 0.15) is 24.0 Å². The highest BCUT2D eigenvalue weighted by molar-refractivity contribution is 9.10. The third kappa shape index (κ3) is 4.78. The molecule has 3 heteroatoms. The van der Waals surface area contributed by atoms with Crippen molar-refractivity contribution in [2.24, 2.45) is 5.73 Å². The lowest BCUT2D eigenvalue weighted by molar-refractivity contribution is 0.627. The van der Waals surface area contributed by atoms with Gasteiger partial charge in [0.2, 0.25) is 0 Å². The zero-order chi connectivity index (χ0) is 11.1. The number of unbranched alkanes of at least 4 members (excludes halogenated alkanes) is 1. The van der Waals surface area contributed by atoms with Crippen LogP contribution in [-0.4, -0.2) is 13.1 Å². The van der Waals surface area contributed by atoms with Crippen molar-refractivity contribution in [2.75, 3.05) is 13.1 Å². The highest BCUT2D eigenvalue weighted by Gasteiger charge is 1.96. The third-order valence-electron chi connectivity index (χ3n) is 2.37. The van der Waals surface area contributed by atoms with Gasteiger partial charge >= 0.3 is 0 Å². The lowest BCUT2D eigenvalue weighted by Crippen LogP contribution is -2.15. The number of nitrogens with one attached hydrogen (secondary N) is 1. The van der Waals surface area contributed by atoms with Gasteiger partial charge in [0, 0.05) is 11.0 Å². The summed E-state index contributed by atoms with van der Waals surface area (Å²) in [6, 6.07) is 6.47. The Balaban J connectivity index is 2.28. The predicted octanol–water partition coefficient (Wildman–Crippen LogP) is 2.59. The number of nitrogens with two attached hydrogens (primary N) is 1. The molecule has 1 rings (SSSR count).